The number of carbonyl (C=O) groups excluding carboxylic acids is 2. The summed E-state index contributed by atoms with van der Waals surface area (Å²) in [5.74, 6) is 0.829. The average molecular weight is 405 g/mol. The van der Waals surface area contributed by atoms with Crippen LogP contribution in [0, 0.1) is 5.92 Å². The third-order valence-electron chi connectivity index (χ3n) is 6.12. The third kappa shape index (κ3) is 4.70. The van der Waals surface area contributed by atoms with Crippen molar-refractivity contribution in [3.05, 3.63) is 85.0 Å². The van der Waals surface area contributed by atoms with Gasteiger partial charge in [-0.05, 0) is 67.0 Å². The molecule has 2 aromatic carbocycles. The van der Waals surface area contributed by atoms with Crippen LogP contribution in [0.25, 0.3) is 0 Å². The van der Waals surface area contributed by atoms with Gasteiger partial charge in [-0.25, -0.2) is 9.59 Å². The van der Waals surface area contributed by atoms with Crippen LogP contribution in [0.2, 0.25) is 0 Å². The van der Waals surface area contributed by atoms with Gasteiger partial charge in [-0.3, -0.25) is 0 Å². The molecule has 1 fully saturated rings. The van der Waals surface area contributed by atoms with Gasteiger partial charge in [0.2, 0.25) is 0 Å². The maximum Gasteiger partial charge on any atom is 0.335 e. The van der Waals surface area contributed by atoms with Crippen LogP contribution in [0.15, 0.2) is 73.8 Å². The molecule has 0 amide bonds. The van der Waals surface area contributed by atoms with Gasteiger partial charge in [0.1, 0.15) is 11.5 Å². The molecule has 0 radical (unpaired) electrons. The molecular weight excluding hydrogens is 376 g/mol. The molecule has 0 spiro atoms. The molecule has 0 aromatic heterocycles. The van der Waals surface area contributed by atoms with Crippen LogP contribution in [0.5, 0.6) is 11.5 Å². The summed E-state index contributed by atoms with van der Waals surface area (Å²) in [5, 5.41) is 0. The van der Waals surface area contributed by atoms with Crippen molar-refractivity contribution in [3.8, 4) is 11.5 Å². The van der Waals surface area contributed by atoms with E-state index in [-0.39, 0.29) is 5.41 Å². The minimum Gasteiger partial charge on any atom is -0.423 e. The van der Waals surface area contributed by atoms with E-state index in [0.29, 0.717) is 11.5 Å². The van der Waals surface area contributed by atoms with Gasteiger partial charge in [0, 0.05) is 17.6 Å². The second-order valence-corrected chi connectivity index (χ2v) is 7.73. The average Bonchev–Trinajstić information content (AvgIpc) is 2.80. The zero-order valence-electron chi connectivity index (χ0n) is 17.4. The predicted molar refractivity (Wildman–Crippen MR) is 118 cm³/mol. The van der Waals surface area contributed by atoms with Gasteiger partial charge in [0.05, 0.1) is 0 Å². The summed E-state index contributed by atoms with van der Waals surface area (Å²) < 4.78 is 10.5. The number of benzene rings is 2. The fourth-order valence-corrected chi connectivity index (χ4v) is 4.32. The van der Waals surface area contributed by atoms with E-state index < -0.39 is 11.9 Å². The molecule has 0 unspecified atom stereocenters. The predicted octanol–water partition coefficient (Wildman–Crippen LogP) is 5.76. The first-order chi connectivity index (χ1) is 14.5. The smallest absolute Gasteiger partial charge is 0.335 e. The monoisotopic (exact) mass is 404 g/mol. The number of hydrogen-bond donors (Lipinski definition) is 0. The molecule has 0 N–H and O–H groups in total. The molecule has 1 saturated carbocycles. The molecule has 0 aliphatic heterocycles. The lowest BCUT2D eigenvalue weighted by Crippen LogP contribution is -2.33. The topological polar surface area (TPSA) is 52.6 Å². The van der Waals surface area contributed by atoms with Crippen molar-refractivity contribution >= 4 is 11.9 Å². The van der Waals surface area contributed by atoms with Gasteiger partial charge in [0.25, 0.3) is 0 Å². The van der Waals surface area contributed by atoms with Crippen molar-refractivity contribution in [2.24, 2.45) is 5.92 Å². The van der Waals surface area contributed by atoms with Crippen molar-refractivity contribution in [3.63, 3.8) is 0 Å². The summed E-state index contributed by atoms with van der Waals surface area (Å²) in [4.78, 5) is 22.9. The van der Waals surface area contributed by atoms with E-state index in [9.17, 15) is 9.59 Å². The maximum absolute atomic E-state index is 11.5. The highest BCUT2D eigenvalue weighted by atomic mass is 16.5. The van der Waals surface area contributed by atoms with Gasteiger partial charge < -0.3 is 9.47 Å². The van der Waals surface area contributed by atoms with E-state index in [2.05, 4.69) is 20.1 Å². The van der Waals surface area contributed by atoms with E-state index in [1.54, 1.807) is 0 Å². The highest BCUT2D eigenvalue weighted by molar-refractivity contribution is 5.83. The number of carbonyl (C=O) groups is 2. The lowest BCUT2D eigenvalue weighted by atomic mass is 9.63. The number of rotatable bonds is 7. The Morgan fingerprint density at radius 2 is 1.27 bits per heavy atom. The molecule has 1 aliphatic rings. The first-order valence-electron chi connectivity index (χ1n) is 10.4. The largest absolute Gasteiger partial charge is 0.423 e. The molecule has 0 heterocycles. The Labute approximate surface area is 178 Å². The lowest BCUT2D eigenvalue weighted by molar-refractivity contribution is -0.129. The molecule has 1 aliphatic carbocycles. The van der Waals surface area contributed by atoms with E-state index in [4.69, 9.17) is 9.47 Å². The molecule has 4 nitrogen and oxygen atoms in total. The van der Waals surface area contributed by atoms with Crippen LogP contribution in [0.1, 0.15) is 50.2 Å². The van der Waals surface area contributed by atoms with E-state index in [0.717, 1.165) is 43.8 Å². The normalized spacial score (nSPS) is 15.8. The SMILES string of the molecule is C=CC(=O)Oc1ccc(C2(c3ccc(OC(=O)C=C)cc3)CCC(CC)CC2)cc1. The van der Waals surface area contributed by atoms with Crippen LogP contribution >= 0.6 is 0 Å². The van der Waals surface area contributed by atoms with Gasteiger partial charge in [0.15, 0.2) is 0 Å². The van der Waals surface area contributed by atoms with E-state index in [1.165, 1.54) is 17.5 Å². The zero-order valence-corrected chi connectivity index (χ0v) is 17.4. The molecule has 156 valence electrons. The molecule has 3 rings (SSSR count). The Hall–Kier alpha value is -3.14. The summed E-state index contributed by atoms with van der Waals surface area (Å²) in [7, 11) is 0. The Morgan fingerprint density at radius 3 is 1.60 bits per heavy atom. The standard InChI is InChI=1S/C26H28O4/c1-4-19-15-17-26(18-16-19,20-7-11-22(12-8-20)29-24(27)5-2)21-9-13-23(14-10-21)30-25(28)6-3/h5-14,19H,2-4,15-18H2,1H3. The van der Waals surface area contributed by atoms with Gasteiger partial charge in [-0.2, -0.15) is 0 Å². The number of ether oxygens (including phenoxy) is 2. The number of hydrogen-bond acceptors (Lipinski definition) is 4. The van der Waals surface area contributed by atoms with Crippen LogP contribution in [0.4, 0.5) is 0 Å². The first kappa shape index (κ1) is 21.6. The van der Waals surface area contributed by atoms with Crippen LogP contribution in [-0.4, -0.2) is 11.9 Å². The molecule has 4 heteroatoms. The minimum atomic E-state index is -0.467. The quantitative estimate of drug-likeness (QED) is 0.335. The first-order valence-corrected chi connectivity index (χ1v) is 10.4. The van der Waals surface area contributed by atoms with Crippen molar-refractivity contribution in [2.75, 3.05) is 0 Å². The Kier molecular flexibility index (Phi) is 6.88. The molecule has 2 aromatic rings. The second-order valence-electron chi connectivity index (χ2n) is 7.73. The highest BCUT2D eigenvalue weighted by Gasteiger charge is 2.38. The third-order valence-corrected chi connectivity index (χ3v) is 6.12. The Balaban J connectivity index is 1.92. The van der Waals surface area contributed by atoms with Crippen molar-refractivity contribution in [1.29, 1.82) is 0 Å². The zero-order chi connectivity index (χ0) is 21.6. The van der Waals surface area contributed by atoms with E-state index >= 15 is 0 Å². The fourth-order valence-electron chi connectivity index (χ4n) is 4.32. The van der Waals surface area contributed by atoms with Crippen molar-refractivity contribution in [2.45, 2.75) is 44.4 Å². The van der Waals surface area contributed by atoms with Gasteiger partial charge in [-0.1, -0.05) is 50.8 Å². The van der Waals surface area contributed by atoms with Crippen LogP contribution in [-0.2, 0) is 15.0 Å². The summed E-state index contributed by atoms with van der Waals surface area (Å²) in [6.45, 7) is 9.12. The van der Waals surface area contributed by atoms with Crippen molar-refractivity contribution in [1.82, 2.24) is 0 Å². The molecule has 30 heavy (non-hydrogen) atoms. The molecule has 0 atom stereocenters. The molecular formula is C26H28O4. The maximum atomic E-state index is 11.5. The van der Waals surface area contributed by atoms with Gasteiger partial charge in [-0.15, -0.1) is 0 Å². The second kappa shape index (κ2) is 9.57. The van der Waals surface area contributed by atoms with Crippen LogP contribution in [0.3, 0.4) is 0 Å². The van der Waals surface area contributed by atoms with Gasteiger partial charge >= 0.3 is 11.9 Å². The highest BCUT2D eigenvalue weighted by Crippen LogP contribution is 2.47. The number of esters is 2. The Morgan fingerprint density at radius 1 is 0.867 bits per heavy atom. The molecule has 0 saturated heterocycles. The van der Waals surface area contributed by atoms with Crippen molar-refractivity contribution < 1.29 is 19.1 Å². The lowest BCUT2D eigenvalue weighted by Gasteiger charge is -2.41. The van der Waals surface area contributed by atoms with E-state index in [1.807, 2.05) is 48.5 Å². The summed E-state index contributed by atoms with van der Waals surface area (Å²) in [6.07, 6.45) is 7.92. The minimum absolute atomic E-state index is 0.117. The molecule has 0 bridgehead atoms. The summed E-state index contributed by atoms with van der Waals surface area (Å²) in [6, 6.07) is 15.5. The summed E-state index contributed by atoms with van der Waals surface area (Å²) in [5.41, 5.74) is 2.28. The van der Waals surface area contributed by atoms with Crippen LogP contribution < -0.4 is 9.47 Å². The Bertz CT molecular complexity index is 834. The summed E-state index contributed by atoms with van der Waals surface area (Å²) >= 11 is 0. The fraction of sp³-hybridized carbons (Fsp3) is 0.308.